The van der Waals surface area contributed by atoms with Crippen LogP contribution in [0.15, 0.2) is 29.2 Å². The zero-order valence-corrected chi connectivity index (χ0v) is 7.93. The summed E-state index contributed by atoms with van der Waals surface area (Å²) in [6, 6.07) is 6.11. The Labute approximate surface area is 78.5 Å². The van der Waals surface area contributed by atoms with Crippen molar-refractivity contribution in [1.82, 2.24) is 0 Å². The van der Waals surface area contributed by atoms with Crippen LogP contribution in [-0.2, 0) is 9.84 Å². The van der Waals surface area contributed by atoms with Gasteiger partial charge in [0.1, 0.15) is 7.85 Å². The third kappa shape index (κ3) is 4.07. The molecule has 0 bridgehead atoms. The van der Waals surface area contributed by atoms with Crippen molar-refractivity contribution in [2.24, 2.45) is 0 Å². The Balaban J connectivity index is 0. The molecule has 4 nitrogen and oxygen atoms in total. The largest absolute Gasteiger partial charge is 0.412 e. The minimum absolute atomic E-state index is 0. The lowest BCUT2D eigenvalue weighted by Gasteiger charge is -1.97. The van der Waals surface area contributed by atoms with Crippen molar-refractivity contribution in [3.05, 3.63) is 24.3 Å². The van der Waals surface area contributed by atoms with Gasteiger partial charge in [-0.2, -0.15) is 0 Å². The zero-order chi connectivity index (χ0) is 8.48. The molecule has 0 saturated carbocycles. The number of rotatable bonds is 1. The van der Waals surface area contributed by atoms with Gasteiger partial charge in [0.25, 0.3) is 0 Å². The highest BCUT2D eigenvalue weighted by Gasteiger charge is 2.04. The quantitative estimate of drug-likeness (QED) is 0.503. The van der Waals surface area contributed by atoms with Crippen LogP contribution in [0.2, 0.25) is 0 Å². The number of hydrogen-bond donors (Lipinski definition) is 0. The van der Waals surface area contributed by atoms with Crippen LogP contribution in [0.25, 0.3) is 0 Å². The standard InChI is InChI=1S/C7H7BO2S.2H2O/c1-11(9,10)7-4-2-6(8)3-5-7;;/h2-5H,1H3;2*1H2. The van der Waals surface area contributed by atoms with E-state index < -0.39 is 9.84 Å². The molecule has 0 aromatic heterocycles. The van der Waals surface area contributed by atoms with E-state index in [4.69, 9.17) is 7.85 Å². The molecule has 1 rings (SSSR count). The number of hydrogen-bond acceptors (Lipinski definition) is 2. The minimum Gasteiger partial charge on any atom is -0.412 e. The molecule has 13 heavy (non-hydrogen) atoms. The lowest BCUT2D eigenvalue weighted by atomic mass is 9.97. The average Bonchev–Trinajstić information content (AvgIpc) is 1.86. The molecule has 0 amide bonds. The lowest BCUT2D eigenvalue weighted by Crippen LogP contribution is -2.03. The molecular formula is C7H11BO4S. The normalized spacial score (nSPS) is 9.62. The Kier molecular flexibility index (Phi) is 5.65. The smallest absolute Gasteiger partial charge is 0.175 e. The fourth-order valence-electron chi connectivity index (χ4n) is 0.715. The van der Waals surface area contributed by atoms with E-state index in [-0.39, 0.29) is 11.0 Å². The molecule has 0 saturated heterocycles. The first-order valence-electron chi connectivity index (χ1n) is 3.06. The Hall–Kier alpha value is -0.845. The molecule has 6 heteroatoms. The fraction of sp³-hybridized carbons (Fsp3) is 0.143. The Morgan fingerprint density at radius 1 is 1.08 bits per heavy atom. The molecule has 0 unspecified atom stereocenters. The van der Waals surface area contributed by atoms with Gasteiger partial charge in [0.05, 0.1) is 4.90 Å². The van der Waals surface area contributed by atoms with E-state index in [1.54, 1.807) is 12.1 Å². The molecule has 1 aromatic rings. The summed E-state index contributed by atoms with van der Waals surface area (Å²) in [5.41, 5.74) is 0.567. The van der Waals surface area contributed by atoms with Gasteiger partial charge in [-0.05, 0) is 12.1 Å². The molecule has 2 radical (unpaired) electrons. The van der Waals surface area contributed by atoms with Gasteiger partial charge in [0.15, 0.2) is 9.84 Å². The van der Waals surface area contributed by atoms with Crippen molar-refractivity contribution in [1.29, 1.82) is 0 Å². The molecule has 0 atom stereocenters. The molecule has 0 heterocycles. The maximum Gasteiger partial charge on any atom is 0.175 e. The molecular weight excluding hydrogens is 191 g/mol. The van der Waals surface area contributed by atoms with Crippen LogP contribution in [0, 0.1) is 0 Å². The van der Waals surface area contributed by atoms with Crippen molar-refractivity contribution in [3.63, 3.8) is 0 Å². The Bertz CT molecular complexity index is 343. The van der Waals surface area contributed by atoms with Crippen molar-refractivity contribution < 1.29 is 19.4 Å². The van der Waals surface area contributed by atoms with Gasteiger partial charge >= 0.3 is 0 Å². The van der Waals surface area contributed by atoms with E-state index in [0.717, 1.165) is 0 Å². The van der Waals surface area contributed by atoms with Gasteiger partial charge in [-0.1, -0.05) is 17.6 Å². The van der Waals surface area contributed by atoms with Crippen LogP contribution in [0.5, 0.6) is 0 Å². The number of benzene rings is 1. The summed E-state index contributed by atoms with van der Waals surface area (Å²) < 4.78 is 21.8. The lowest BCUT2D eigenvalue weighted by molar-refractivity contribution is 0.602. The first-order valence-corrected chi connectivity index (χ1v) is 4.95. The van der Waals surface area contributed by atoms with Gasteiger partial charge in [0.2, 0.25) is 0 Å². The van der Waals surface area contributed by atoms with Crippen molar-refractivity contribution in [2.45, 2.75) is 4.90 Å². The predicted octanol–water partition coefficient (Wildman–Crippen LogP) is -1.77. The van der Waals surface area contributed by atoms with Gasteiger partial charge in [-0.3, -0.25) is 0 Å². The van der Waals surface area contributed by atoms with Crippen LogP contribution in [0.1, 0.15) is 0 Å². The van der Waals surface area contributed by atoms with Crippen molar-refractivity contribution >= 4 is 23.1 Å². The molecule has 0 aliphatic heterocycles. The summed E-state index contributed by atoms with van der Waals surface area (Å²) in [7, 11) is 2.30. The minimum atomic E-state index is -3.08. The topological polar surface area (TPSA) is 97.1 Å². The van der Waals surface area contributed by atoms with Crippen LogP contribution in [0.4, 0.5) is 0 Å². The molecule has 1 aromatic carbocycles. The maximum absolute atomic E-state index is 10.9. The second-order valence-corrected chi connectivity index (χ2v) is 4.36. The monoisotopic (exact) mass is 202 g/mol. The second-order valence-electron chi connectivity index (χ2n) is 2.34. The van der Waals surface area contributed by atoms with Gasteiger partial charge < -0.3 is 11.0 Å². The van der Waals surface area contributed by atoms with Gasteiger partial charge in [-0.25, -0.2) is 8.42 Å². The maximum atomic E-state index is 10.9. The summed E-state index contributed by atoms with van der Waals surface area (Å²) in [5, 5.41) is 0. The van der Waals surface area contributed by atoms with E-state index in [1.165, 1.54) is 18.4 Å². The van der Waals surface area contributed by atoms with Crippen molar-refractivity contribution in [2.75, 3.05) is 6.26 Å². The van der Waals surface area contributed by atoms with Gasteiger partial charge in [-0.15, -0.1) is 0 Å². The molecule has 0 aliphatic rings. The van der Waals surface area contributed by atoms with E-state index in [0.29, 0.717) is 10.4 Å². The van der Waals surface area contributed by atoms with Crippen LogP contribution in [0.3, 0.4) is 0 Å². The van der Waals surface area contributed by atoms with Crippen LogP contribution >= 0.6 is 0 Å². The molecule has 0 aliphatic carbocycles. The first-order chi connectivity index (χ1) is 5.00. The Morgan fingerprint density at radius 2 is 1.46 bits per heavy atom. The molecule has 4 N–H and O–H groups in total. The van der Waals surface area contributed by atoms with Crippen LogP contribution < -0.4 is 5.46 Å². The van der Waals surface area contributed by atoms with Crippen molar-refractivity contribution in [3.8, 4) is 0 Å². The Morgan fingerprint density at radius 3 is 1.77 bits per heavy atom. The highest BCUT2D eigenvalue weighted by atomic mass is 32.2. The fourth-order valence-corrected chi connectivity index (χ4v) is 1.35. The molecule has 0 spiro atoms. The summed E-state index contributed by atoms with van der Waals surface area (Å²) in [6.45, 7) is 0. The average molecular weight is 202 g/mol. The van der Waals surface area contributed by atoms with E-state index in [9.17, 15) is 8.42 Å². The number of sulfone groups is 1. The van der Waals surface area contributed by atoms with E-state index in [1.807, 2.05) is 0 Å². The summed E-state index contributed by atoms with van der Waals surface area (Å²) in [6.07, 6.45) is 1.17. The molecule has 72 valence electrons. The van der Waals surface area contributed by atoms with E-state index in [2.05, 4.69) is 0 Å². The molecule has 0 fully saturated rings. The SMILES string of the molecule is O.O.[B]c1ccc(S(C)(=O)=O)cc1. The van der Waals surface area contributed by atoms with Crippen LogP contribution in [-0.4, -0.2) is 33.5 Å². The summed E-state index contributed by atoms with van der Waals surface area (Å²) in [4.78, 5) is 0.298. The van der Waals surface area contributed by atoms with E-state index >= 15 is 0 Å². The summed E-state index contributed by atoms with van der Waals surface area (Å²) >= 11 is 0. The summed E-state index contributed by atoms with van der Waals surface area (Å²) in [5.74, 6) is 0. The highest BCUT2D eigenvalue weighted by molar-refractivity contribution is 7.90. The third-order valence-corrected chi connectivity index (χ3v) is 2.44. The van der Waals surface area contributed by atoms with Gasteiger partial charge in [0, 0.05) is 6.26 Å². The third-order valence-electron chi connectivity index (χ3n) is 1.31. The highest BCUT2D eigenvalue weighted by Crippen LogP contribution is 2.04. The second kappa shape index (κ2) is 5.01. The predicted molar refractivity (Wildman–Crippen MR) is 52.2 cm³/mol. The first kappa shape index (κ1) is 14.7. The zero-order valence-electron chi connectivity index (χ0n) is 7.11.